The number of rotatable bonds is 4. The van der Waals surface area contributed by atoms with Gasteiger partial charge in [0, 0.05) is 5.54 Å². The monoisotopic (exact) mass is 240 g/mol. The van der Waals surface area contributed by atoms with Crippen molar-refractivity contribution in [1.82, 2.24) is 10.2 Å². The molecule has 0 aliphatic carbocycles. The zero-order valence-electron chi connectivity index (χ0n) is 11.2. The molecule has 2 N–H and O–H groups in total. The molecule has 0 aromatic rings. The maximum Gasteiger partial charge on any atom is 0.0613 e. The molecule has 0 aromatic heterocycles. The third-order valence-electron chi connectivity index (χ3n) is 4.72. The van der Waals surface area contributed by atoms with E-state index in [-0.39, 0.29) is 5.54 Å². The molecule has 100 valence electrons. The molecule has 0 amide bonds. The van der Waals surface area contributed by atoms with E-state index in [1.807, 2.05) is 0 Å². The third kappa shape index (κ3) is 3.43. The van der Waals surface area contributed by atoms with Gasteiger partial charge < -0.3 is 15.3 Å². The average molecular weight is 240 g/mol. The van der Waals surface area contributed by atoms with Crippen LogP contribution in [0.15, 0.2) is 0 Å². The Morgan fingerprint density at radius 1 is 1.29 bits per heavy atom. The number of likely N-dealkylation sites (tertiary alicyclic amines) is 1. The van der Waals surface area contributed by atoms with Crippen molar-refractivity contribution in [3.05, 3.63) is 0 Å². The number of aliphatic hydroxyl groups excluding tert-OH is 1. The first-order chi connectivity index (χ1) is 8.28. The fourth-order valence-electron chi connectivity index (χ4n) is 3.46. The van der Waals surface area contributed by atoms with Crippen LogP contribution in [0.25, 0.3) is 0 Å². The Bertz CT molecular complexity index is 218. The van der Waals surface area contributed by atoms with Crippen LogP contribution in [0.1, 0.15) is 45.4 Å². The maximum atomic E-state index is 9.70. The highest BCUT2D eigenvalue weighted by molar-refractivity contribution is 4.93. The normalized spacial score (nSPS) is 32.8. The molecule has 2 aliphatic rings. The Morgan fingerprint density at radius 2 is 2.06 bits per heavy atom. The Hall–Kier alpha value is -0.120. The molecule has 2 aliphatic heterocycles. The van der Waals surface area contributed by atoms with Gasteiger partial charge in [-0.05, 0) is 64.2 Å². The SMILES string of the molecule is CCN1CCC(CC2(CO)CCCCN2)CC1. The minimum Gasteiger partial charge on any atom is -0.394 e. The van der Waals surface area contributed by atoms with Crippen molar-refractivity contribution in [2.75, 3.05) is 32.8 Å². The van der Waals surface area contributed by atoms with Gasteiger partial charge in [-0.25, -0.2) is 0 Å². The maximum absolute atomic E-state index is 9.70. The van der Waals surface area contributed by atoms with Crippen molar-refractivity contribution in [1.29, 1.82) is 0 Å². The highest BCUT2D eigenvalue weighted by atomic mass is 16.3. The van der Waals surface area contributed by atoms with Crippen molar-refractivity contribution in [3.8, 4) is 0 Å². The molecule has 3 nitrogen and oxygen atoms in total. The quantitative estimate of drug-likeness (QED) is 0.784. The summed E-state index contributed by atoms with van der Waals surface area (Å²) in [6.07, 6.45) is 7.53. The van der Waals surface area contributed by atoms with Gasteiger partial charge in [0.05, 0.1) is 6.61 Å². The second-order valence-corrected chi connectivity index (χ2v) is 5.90. The van der Waals surface area contributed by atoms with Gasteiger partial charge in [-0.1, -0.05) is 13.3 Å². The van der Waals surface area contributed by atoms with Crippen LogP contribution in [0.2, 0.25) is 0 Å². The van der Waals surface area contributed by atoms with E-state index in [1.165, 1.54) is 51.7 Å². The molecule has 0 aromatic carbocycles. The summed E-state index contributed by atoms with van der Waals surface area (Å²) in [5.74, 6) is 0.815. The molecule has 2 fully saturated rings. The summed E-state index contributed by atoms with van der Waals surface area (Å²) in [5.41, 5.74) is 0.0529. The van der Waals surface area contributed by atoms with E-state index < -0.39 is 0 Å². The summed E-state index contributed by atoms with van der Waals surface area (Å²) in [6.45, 7) is 7.36. The van der Waals surface area contributed by atoms with Gasteiger partial charge in [0.25, 0.3) is 0 Å². The molecule has 1 atom stereocenters. The molecular formula is C14H28N2O. The van der Waals surface area contributed by atoms with Crippen LogP contribution < -0.4 is 5.32 Å². The van der Waals surface area contributed by atoms with Crippen molar-refractivity contribution in [2.45, 2.75) is 51.0 Å². The summed E-state index contributed by atoms with van der Waals surface area (Å²) in [4.78, 5) is 2.54. The fourth-order valence-corrected chi connectivity index (χ4v) is 3.46. The molecule has 1 unspecified atom stereocenters. The molecule has 2 rings (SSSR count). The summed E-state index contributed by atoms with van der Waals surface area (Å²) in [5, 5.41) is 13.3. The number of hydrogen-bond donors (Lipinski definition) is 2. The second kappa shape index (κ2) is 6.17. The van der Waals surface area contributed by atoms with Gasteiger partial charge in [-0.15, -0.1) is 0 Å². The van der Waals surface area contributed by atoms with E-state index in [9.17, 15) is 5.11 Å². The van der Waals surface area contributed by atoms with Gasteiger partial charge in [0.15, 0.2) is 0 Å². The molecule has 3 heteroatoms. The first-order valence-electron chi connectivity index (χ1n) is 7.36. The summed E-state index contributed by atoms with van der Waals surface area (Å²) in [7, 11) is 0. The largest absolute Gasteiger partial charge is 0.394 e. The highest BCUT2D eigenvalue weighted by Crippen LogP contribution is 2.31. The number of nitrogens with zero attached hydrogens (tertiary/aromatic N) is 1. The van der Waals surface area contributed by atoms with Gasteiger partial charge >= 0.3 is 0 Å². The number of piperidine rings is 2. The van der Waals surface area contributed by atoms with Gasteiger partial charge in [0.1, 0.15) is 0 Å². The lowest BCUT2D eigenvalue weighted by Crippen LogP contribution is -2.53. The third-order valence-corrected chi connectivity index (χ3v) is 4.72. The molecule has 2 saturated heterocycles. The van der Waals surface area contributed by atoms with Gasteiger partial charge in [-0.3, -0.25) is 0 Å². The Labute approximate surface area is 106 Å². The lowest BCUT2D eigenvalue weighted by Gasteiger charge is -2.41. The molecule has 0 spiro atoms. The Morgan fingerprint density at radius 3 is 2.59 bits per heavy atom. The first kappa shape index (κ1) is 13.3. The van der Waals surface area contributed by atoms with Crippen LogP contribution in [-0.2, 0) is 0 Å². The zero-order valence-corrected chi connectivity index (χ0v) is 11.2. The van der Waals surface area contributed by atoms with E-state index in [1.54, 1.807) is 0 Å². The van der Waals surface area contributed by atoms with Crippen molar-refractivity contribution in [3.63, 3.8) is 0 Å². The Kier molecular flexibility index (Phi) is 4.83. The summed E-state index contributed by atoms with van der Waals surface area (Å²) >= 11 is 0. The lowest BCUT2D eigenvalue weighted by molar-refractivity contribution is 0.0856. The van der Waals surface area contributed by atoms with Crippen LogP contribution in [0.4, 0.5) is 0 Å². The minimum atomic E-state index is 0.0529. The highest BCUT2D eigenvalue weighted by Gasteiger charge is 2.34. The number of aliphatic hydroxyl groups is 1. The van der Waals surface area contributed by atoms with Crippen LogP contribution in [0.3, 0.4) is 0 Å². The van der Waals surface area contributed by atoms with E-state index in [4.69, 9.17) is 0 Å². The van der Waals surface area contributed by atoms with Crippen molar-refractivity contribution in [2.24, 2.45) is 5.92 Å². The summed E-state index contributed by atoms with van der Waals surface area (Å²) in [6, 6.07) is 0. The molecule has 0 bridgehead atoms. The lowest BCUT2D eigenvalue weighted by atomic mass is 9.78. The topological polar surface area (TPSA) is 35.5 Å². The first-order valence-corrected chi connectivity index (χ1v) is 7.36. The van der Waals surface area contributed by atoms with Crippen LogP contribution in [0.5, 0.6) is 0 Å². The zero-order chi connectivity index (χ0) is 12.1. The number of hydrogen-bond acceptors (Lipinski definition) is 3. The number of nitrogens with one attached hydrogen (secondary N) is 1. The van der Waals surface area contributed by atoms with Crippen molar-refractivity contribution >= 4 is 0 Å². The van der Waals surface area contributed by atoms with E-state index in [0.29, 0.717) is 6.61 Å². The van der Waals surface area contributed by atoms with Crippen LogP contribution in [-0.4, -0.2) is 48.3 Å². The van der Waals surface area contributed by atoms with Gasteiger partial charge in [0.2, 0.25) is 0 Å². The molecule has 0 radical (unpaired) electrons. The smallest absolute Gasteiger partial charge is 0.0613 e. The molecular weight excluding hydrogens is 212 g/mol. The van der Waals surface area contributed by atoms with Crippen LogP contribution in [0, 0.1) is 5.92 Å². The molecule has 17 heavy (non-hydrogen) atoms. The van der Waals surface area contributed by atoms with Crippen molar-refractivity contribution < 1.29 is 5.11 Å². The predicted molar refractivity (Wildman–Crippen MR) is 71.1 cm³/mol. The molecule has 2 heterocycles. The summed E-state index contributed by atoms with van der Waals surface area (Å²) < 4.78 is 0. The van der Waals surface area contributed by atoms with Crippen LogP contribution >= 0.6 is 0 Å². The predicted octanol–water partition coefficient (Wildman–Crippen LogP) is 1.61. The minimum absolute atomic E-state index is 0.0529. The standard InChI is InChI=1S/C14H28N2O/c1-2-16-9-5-13(6-10-16)11-14(12-17)7-3-4-8-15-14/h13,15,17H,2-12H2,1H3. The second-order valence-electron chi connectivity index (χ2n) is 5.90. The average Bonchev–Trinajstić information content (AvgIpc) is 2.41. The molecule has 0 saturated carbocycles. The fraction of sp³-hybridized carbons (Fsp3) is 1.00. The van der Waals surface area contributed by atoms with E-state index >= 15 is 0 Å². The van der Waals surface area contributed by atoms with Gasteiger partial charge in [-0.2, -0.15) is 0 Å². The van der Waals surface area contributed by atoms with E-state index in [0.717, 1.165) is 18.9 Å². The van der Waals surface area contributed by atoms with E-state index in [2.05, 4.69) is 17.1 Å². The Balaban J connectivity index is 1.82.